The number of benzene rings is 2. The third-order valence-electron chi connectivity index (χ3n) is 3.46. The van der Waals surface area contributed by atoms with Gasteiger partial charge in [0.15, 0.2) is 17.3 Å². The van der Waals surface area contributed by atoms with E-state index in [4.69, 9.17) is 26.8 Å². The quantitative estimate of drug-likeness (QED) is 0.742. The molecule has 1 heterocycles. The number of halogens is 2. The number of nitrogens with zero attached hydrogens (tertiary/aromatic N) is 1. The minimum Gasteiger partial charge on any atom is -0.452 e. The minimum atomic E-state index is -1.10. The van der Waals surface area contributed by atoms with E-state index in [9.17, 15) is 14.0 Å². The van der Waals surface area contributed by atoms with E-state index >= 15 is 0 Å². The van der Waals surface area contributed by atoms with Crippen molar-refractivity contribution in [1.29, 1.82) is 0 Å². The second-order valence-electron chi connectivity index (χ2n) is 5.03. The summed E-state index contributed by atoms with van der Waals surface area (Å²) in [7, 11) is 0. The number of ether oxygens (including phenoxy) is 2. The number of carbonyl (C=O) groups excluding carboxylic acids is 1. The maximum atomic E-state index is 14.1. The van der Waals surface area contributed by atoms with Gasteiger partial charge in [-0.2, -0.15) is 0 Å². The van der Waals surface area contributed by atoms with Gasteiger partial charge < -0.3 is 20.2 Å². The highest BCUT2D eigenvalue weighted by Gasteiger charge is 2.18. The van der Waals surface area contributed by atoms with Crippen LogP contribution >= 0.6 is 11.6 Å². The molecule has 3 rings (SSSR count). The number of hydrogen-bond acceptors (Lipinski definition) is 5. The number of aromatic amines is 1. The van der Waals surface area contributed by atoms with Gasteiger partial charge in [0.2, 0.25) is 0 Å². The van der Waals surface area contributed by atoms with Gasteiger partial charge in [-0.3, -0.25) is 4.79 Å². The summed E-state index contributed by atoms with van der Waals surface area (Å²) in [5.41, 5.74) is 5.49. The Morgan fingerprint density at radius 2 is 2.00 bits per heavy atom. The number of nitrogens with one attached hydrogen (secondary N) is 1. The van der Waals surface area contributed by atoms with Gasteiger partial charge in [-0.05, 0) is 31.2 Å². The lowest BCUT2D eigenvalue weighted by atomic mass is 10.1. The van der Waals surface area contributed by atoms with Crippen molar-refractivity contribution >= 4 is 28.6 Å². The first-order valence-electron chi connectivity index (χ1n) is 6.98. The van der Waals surface area contributed by atoms with E-state index < -0.39 is 11.9 Å². The summed E-state index contributed by atoms with van der Waals surface area (Å²) in [6.07, 6.45) is 0.185. The summed E-state index contributed by atoms with van der Waals surface area (Å²) in [6.45, 7) is 1.63. The van der Waals surface area contributed by atoms with Crippen molar-refractivity contribution in [3.63, 3.8) is 0 Å². The number of hydrogen-bond donors (Lipinski definition) is 2. The third-order valence-corrected chi connectivity index (χ3v) is 3.81. The van der Waals surface area contributed by atoms with Crippen LogP contribution in [0.2, 0.25) is 5.02 Å². The molecular formula is C16H11ClFN3O4. The van der Waals surface area contributed by atoms with Crippen LogP contribution in [-0.2, 0) is 0 Å². The van der Waals surface area contributed by atoms with E-state index in [0.717, 1.165) is 12.1 Å². The Labute approximate surface area is 145 Å². The van der Waals surface area contributed by atoms with Crippen molar-refractivity contribution in [2.75, 3.05) is 0 Å². The second kappa shape index (κ2) is 6.40. The molecule has 0 bridgehead atoms. The van der Waals surface area contributed by atoms with Crippen molar-refractivity contribution < 1.29 is 18.7 Å². The molecule has 0 aliphatic heterocycles. The molecule has 0 fully saturated rings. The molecule has 3 N–H and O–H groups in total. The zero-order chi connectivity index (χ0) is 18.1. The average Bonchev–Trinajstić information content (AvgIpc) is 2.56. The van der Waals surface area contributed by atoms with Gasteiger partial charge in [0.25, 0.3) is 5.56 Å². The number of H-pyrrole nitrogens is 1. The summed E-state index contributed by atoms with van der Waals surface area (Å²) >= 11 is 6.03. The highest BCUT2D eigenvalue weighted by Crippen LogP contribution is 2.40. The number of amides is 1. The number of fused-ring (bicyclic) bond motifs is 1. The Kier molecular flexibility index (Phi) is 4.28. The maximum Gasteiger partial charge on any atom is 0.410 e. The van der Waals surface area contributed by atoms with Crippen molar-refractivity contribution in [2.45, 2.75) is 6.92 Å². The first-order chi connectivity index (χ1) is 11.9. The molecule has 7 nitrogen and oxygen atoms in total. The molecule has 0 saturated heterocycles. The fraction of sp³-hybridized carbons (Fsp3) is 0.0625. The van der Waals surface area contributed by atoms with Gasteiger partial charge in [0.1, 0.15) is 10.8 Å². The Morgan fingerprint density at radius 3 is 2.72 bits per heavy atom. The van der Waals surface area contributed by atoms with Crippen molar-refractivity contribution in [3.8, 4) is 17.2 Å². The third kappa shape index (κ3) is 3.11. The largest absolute Gasteiger partial charge is 0.452 e. The molecule has 0 saturated carbocycles. The molecule has 0 aliphatic carbocycles. The lowest BCUT2D eigenvalue weighted by Crippen LogP contribution is -2.16. The van der Waals surface area contributed by atoms with Gasteiger partial charge >= 0.3 is 6.09 Å². The van der Waals surface area contributed by atoms with Crippen LogP contribution in [0.25, 0.3) is 10.9 Å². The zero-order valence-corrected chi connectivity index (χ0v) is 13.6. The lowest BCUT2D eigenvalue weighted by Gasteiger charge is -2.13. The molecule has 1 aromatic heterocycles. The highest BCUT2D eigenvalue weighted by molar-refractivity contribution is 6.33. The van der Waals surface area contributed by atoms with Crippen LogP contribution in [0.1, 0.15) is 5.56 Å². The first kappa shape index (κ1) is 16.7. The number of nitrogens with two attached hydrogens (primary N) is 1. The van der Waals surface area contributed by atoms with Crippen LogP contribution in [0.15, 0.2) is 35.4 Å². The van der Waals surface area contributed by atoms with Gasteiger partial charge in [0, 0.05) is 5.56 Å². The van der Waals surface area contributed by atoms with Crippen molar-refractivity contribution in [3.05, 3.63) is 57.3 Å². The fourth-order valence-corrected chi connectivity index (χ4v) is 2.55. The van der Waals surface area contributed by atoms with Crippen LogP contribution in [0.5, 0.6) is 17.2 Å². The molecule has 3 aromatic rings. The van der Waals surface area contributed by atoms with E-state index in [0.29, 0.717) is 16.5 Å². The summed E-state index contributed by atoms with van der Waals surface area (Å²) in [6, 6.07) is 5.26. The van der Waals surface area contributed by atoms with Crippen LogP contribution in [0.3, 0.4) is 0 Å². The number of carbonyl (C=O) groups is 1. The summed E-state index contributed by atoms with van der Waals surface area (Å²) in [5.74, 6) is -1.09. The average molecular weight is 364 g/mol. The van der Waals surface area contributed by atoms with E-state index in [-0.39, 0.29) is 27.8 Å². The van der Waals surface area contributed by atoms with Crippen molar-refractivity contribution in [1.82, 2.24) is 9.97 Å². The predicted molar refractivity (Wildman–Crippen MR) is 88.8 cm³/mol. The Balaban J connectivity index is 2.10. The minimum absolute atomic E-state index is 0.150. The SMILES string of the molecule is Cc1c(Oc2c(F)ccc(OC(N)=O)c2Cl)ccc2nc[nH]c(=O)c12. The Bertz CT molecular complexity index is 1050. The molecule has 0 atom stereocenters. The number of rotatable bonds is 3. The van der Waals surface area contributed by atoms with Gasteiger partial charge in [0.05, 0.1) is 17.2 Å². The molecule has 0 unspecified atom stereocenters. The molecule has 2 aromatic carbocycles. The Morgan fingerprint density at radius 1 is 1.28 bits per heavy atom. The summed E-state index contributed by atoms with van der Waals surface area (Å²) in [4.78, 5) is 29.4. The highest BCUT2D eigenvalue weighted by atomic mass is 35.5. The normalized spacial score (nSPS) is 10.7. The Hall–Kier alpha value is -3.13. The number of aromatic nitrogens is 2. The molecular weight excluding hydrogens is 353 g/mol. The monoisotopic (exact) mass is 363 g/mol. The van der Waals surface area contributed by atoms with E-state index in [1.807, 2.05) is 0 Å². The number of primary amides is 1. The zero-order valence-electron chi connectivity index (χ0n) is 12.8. The van der Waals surface area contributed by atoms with Gasteiger partial charge in [-0.15, -0.1) is 0 Å². The molecule has 128 valence electrons. The fourth-order valence-electron chi connectivity index (χ4n) is 2.32. The van der Waals surface area contributed by atoms with Crippen LogP contribution < -0.4 is 20.8 Å². The predicted octanol–water partition coefficient (Wildman–Crippen LogP) is 3.27. The van der Waals surface area contributed by atoms with Crippen LogP contribution in [0.4, 0.5) is 9.18 Å². The molecule has 9 heteroatoms. The van der Waals surface area contributed by atoms with Crippen LogP contribution in [-0.4, -0.2) is 16.1 Å². The molecule has 0 aliphatic rings. The standard InChI is InChI=1S/C16H11ClFN3O4/c1-7-10(5-3-9-12(7)15(22)21-6-20-9)24-14-8(18)2-4-11(13(14)17)25-16(19)23/h2-6H,1H3,(H2,19,23)(H,20,21,22). The van der Waals surface area contributed by atoms with Gasteiger partial charge in [-0.1, -0.05) is 11.6 Å². The molecule has 0 radical (unpaired) electrons. The summed E-state index contributed by atoms with van der Waals surface area (Å²) in [5, 5.41) is 0.0412. The van der Waals surface area contributed by atoms with E-state index in [2.05, 4.69) is 9.97 Å². The topological polar surface area (TPSA) is 107 Å². The van der Waals surface area contributed by atoms with E-state index in [1.165, 1.54) is 12.4 Å². The smallest absolute Gasteiger partial charge is 0.410 e. The first-order valence-corrected chi connectivity index (χ1v) is 7.36. The second-order valence-corrected chi connectivity index (χ2v) is 5.40. The molecule has 25 heavy (non-hydrogen) atoms. The van der Waals surface area contributed by atoms with Crippen LogP contribution in [0, 0.1) is 12.7 Å². The van der Waals surface area contributed by atoms with E-state index in [1.54, 1.807) is 13.0 Å². The van der Waals surface area contributed by atoms with Crippen molar-refractivity contribution in [2.24, 2.45) is 5.73 Å². The molecule has 0 spiro atoms. The van der Waals surface area contributed by atoms with Gasteiger partial charge in [-0.25, -0.2) is 14.2 Å². The number of aryl methyl sites for hydroxylation is 1. The molecule has 1 amide bonds. The summed E-state index contributed by atoms with van der Waals surface area (Å²) < 4.78 is 24.3. The lowest BCUT2D eigenvalue weighted by molar-refractivity contribution is 0.210. The maximum absolute atomic E-state index is 14.1.